The molecule has 0 aromatic carbocycles. The largest absolute Gasteiger partial charge is 0.480 e. The van der Waals surface area contributed by atoms with Gasteiger partial charge in [-0.15, -0.1) is 0 Å². The number of nitrogens with zero attached hydrogens (tertiary/aromatic N) is 3. The highest BCUT2D eigenvalue weighted by molar-refractivity contribution is 5.73. The first kappa shape index (κ1) is 7.74. The number of hydrogen-bond donors (Lipinski definition) is 2. The summed E-state index contributed by atoms with van der Waals surface area (Å²) in [5.74, 6) is -1.16. The summed E-state index contributed by atoms with van der Waals surface area (Å²) in [6.07, 6.45) is 0. The summed E-state index contributed by atoms with van der Waals surface area (Å²) in [4.78, 5) is 12.2. The molecule has 1 atom stereocenters. The number of azide groups is 1. The molecule has 0 rings (SSSR count). The molecular weight excluding hydrogens is 124 g/mol. The van der Waals surface area contributed by atoms with E-state index >= 15 is 0 Å². The summed E-state index contributed by atoms with van der Waals surface area (Å²) in [6, 6.07) is -1.08. The Morgan fingerprint density at radius 3 is 2.89 bits per heavy atom. The molecule has 0 amide bonds. The van der Waals surface area contributed by atoms with Gasteiger partial charge in [0.1, 0.15) is 6.04 Å². The lowest BCUT2D eigenvalue weighted by Crippen LogP contribution is -2.32. The minimum atomic E-state index is -1.16. The van der Waals surface area contributed by atoms with Gasteiger partial charge < -0.3 is 10.8 Å². The van der Waals surface area contributed by atoms with Gasteiger partial charge in [0.25, 0.3) is 0 Å². The molecule has 9 heavy (non-hydrogen) atoms. The van der Waals surface area contributed by atoms with Crippen molar-refractivity contribution in [1.82, 2.24) is 0 Å². The van der Waals surface area contributed by atoms with Crippen molar-refractivity contribution in [3.63, 3.8) is 0 Å². The number of hydrogen-bond acceptors (Lipinski definition) is 3. The van der Waals surface area contributed by atoms with Gasteiger partial charge in [-0.1, -0.05) is 5.11 Å². The highest BCUT2D eigenvalue weighted by atomic mass is 16.4. The number of rotatable bonds is 3. The maximum Gasteiger partial charge on any atom is 0.320 e. The Hall–Kier alpha value is -1.26. The third-order valence-corrected chi connectivity index (χ3v) is 0.659. The fourth-order valence-electron chi connectivity index (χ4n) is 0.203. The van der Waals surface area contributed by atoms with E-state index in [0.29, 0.717) is 0 Å². The van der Waals surface area contributed by atoms with Crippen LogP contribution in [0.4, 0.5) is 0 Å². The van der Waals surface area contributed by atoms with Gasteiger partial charge in [0.2, 0.25) is 0 Å². The fourth-order valence-corrected chi connectivity index (χ4v) is 0.203. The first-order valence-electron chi connectivity index (χ1n) is 2.17. The number of carboxylic acid groups (broad SMARTS) is 1. The van der Waals surface area contributed by atoms with Crippen molar-refractivity contribution in [2.45, 2.75) is 6.04 Å². The minimum Gasteiger partial charge on any atom is -0.480 e. The molecule has 0 fully saturated rings. The van der Waals surface area contributed by atoms with Gasteiger partial charge in [-0.25, -0.2) is 0 Å². The normalized spacial score (nSPS) is 11.7. The molecule has 0 heterocycles. The summed E-state index contributed by atoms with van der Waals surface area (Å²) in [5, 5.41) is 11.1. The summed E-state index contributed by atoms with van der Waals surface area (Å²) in [5.41, 5.74) is 12.6. The highest BCUT2D eigenvalue weighted by Crippen LogP contribution is 1.79. The van der Waals surface area contributed by atoms with Gasteiger partial charge in [0.15, 0.2) is 0 Å². The van der Waals surface area contributed by atoms with Gasteiger partial charge in [0, 0.05) is 4.91 Å². The molecule has 0 aliphatic rings. The van der Waals surface area contributed by atoms with Crippen LogP contribution in [0.25, 0.3) is 10.4 Å². The van der Waals surface area contributed by atoms with Crippen LogP contribution in [0.2, 0.25) is 0 Å². The predicted octanol–water partition coefficient (Wildman–Crippen LogP) is -0.291. The second-order valence-electron chi connectivity index (χ2n) is 1.36. The zero-order valence-electron chi connectivity index (χ0n) is 4.56. The maximum absolute atomic E-state index is 9.90. The van der Waals surface area contributed by atoms with E-state index in [-0.39, 0.29) is 6.54 Å². The van der Waals surface area contributed by atoms with E-state index in [9.17, 15) is 4.79 Å². The van der Waals surface area contributed by atoms with Gasteiger partial charge >= 0.3 is 5.97 Å². The zero-order valence-corrected chi connectivity index (χ0v) is 4.56. The second kappa shape index (κ2) is 3.71. The molecule has 50 valence electrons. The quantitative estimate of drug-likeness (QED) is 0.311. The molecule has 0 aromatic rings. The Morgan fingerprint density at radius 2 is 2.56 bits per heavy atom. The molecule has 6 nitrogen and oxygen atoms in total. The number of carbonyl (C=O) groups is 1. The van der Waals surface area contributed by atoms with Gasteiger partial charge in [-0.3, -0.25) is 4.79 Å². The van der Waals surface area contributed by atoms with Crippen molar-refractivity contribution in [3.05, 3.63) is 10.4 Å². The lowest BCUT2D eigenvalue weighted by Gasteiger charge is -1.97. The second-order valence-corrected chi connectivity index (χ2v) is 1.36. The van der Waals surface area contributed by atoms with Crippen molar-refractivity contribution in [2.24, 2.45) is 10.8 Å². The zero-order chi connectivity index (χ0) is 7.28. The van der Waals surface area contributed by atoms with E-state index in [1.165, 1.54) is 0 Å². The van der Waals surface area contributed by atoms with Crippen LogP contribution in [0.3, 0.4) is 0 Å². The third-order valence-electron chi connectivity index (χ3n) is 0.659. The SMILES string of the molecule is [N-]=[N+]=NC[C@@H](N)C(=O)O. The molecular formula is C3H6N4O2. The van der Waals surface area contributed by atoms with Crippen molar-refractivity contribution < 1.29 is 9.90 Å². The number of carboxylic acids is 1. The van der Waals surface area contributed by atoms with E-state index in [1.54, 1.807) is 0 Å². The van der Waals surface area contributed by atoms with Crippen LogP contribution >= 0.6 is 0 Å². The monoisotopic (exact) mass is 130 g/mol. The molecule has 3 N–H and O–H groups in total. The molecule has 0 radical (unpaired) electrons. The van der Waals surface area contributed by atoms with Crippen LogP contribution in [0.1, 0.15) is 0 Å². The van der Waals surface area contributed by atoms with E-state index in [0.717, 1.165) is 0 Å². The van der Waals surface area contributed by atoms with Crippen LogP contribution in [-0.2, 0) is 4.79 Å². The van der Waals surface area contributed by atoms with Crippen molar-refractivity contribution >= 4 is 5.97 Å². The van der Waals surface area contributed by atoms with Gasteiger partial charge in [0.05, 0.1) is 6.54 Å². The van der Waals surface area contributed by atoms with Crippen molar-refractivity contribution in [2.75, 3.05) is 6.54 Å². The third kappa shape index (κ3) is 3.33. The van der Waals surface area contributed by atoms with Gasteiger partial charge in [-0.05, 0) is 5.53 Å². The maximum atomic E-state index is 9.90. The standard InChI is InChI=1S/C3H6N4O2/c4-2(3(8)9)1-6-7-5/h2H,1,4H2,(H,8,9)/t2-/m1/s1. The van der Waals surface area contributed by atoms with Crippen LogP contribution in [0, 0.1) is 0 Å². The number of nitrogens with two attached hydrogens (primary N) is 1. The minimum absolute atomic E-state index is 0.203. The lowest BCUT2D eigenvalue weighted by molar-refractivity contribution is -0.138. The Balaban J connectivity index is 3.63. The summed E-state index contributed by atoms with van der Waals surface area (Å²) in [7, 11) is 0. The Labute approximate surface area is 50.9 Å². The average Bonchev–Trinajstić information content (AvgIpc) is 1.82. The van der Waals surface area contributed by atoms with E-state index in [4.69, 9.17) is 16.4 Å². The molecule has 6 heteroatoms. The van der Waals surface area contributed by atoms with Gasteiger partial charge in [-0.2, -0.15) is 0 Å². The molecule has 0 spiro atoms. The Kier molecular flexibility index (Phi) is 3.19. The molecule has 0 saturated heterocycles. The molecule has 0 unspecified atom stereocenters. The molecule has 0 bridgehead atoms. The lowest BCUT2D eigenvalue weighted by atomic mass is 10.3. The van der Waals surface area contributed by atoms with E-state index in [1.807, 2.05) is 0 Å². The van der Waals surface area contributed by atoms with Crippen molar-refractivity contribution in [1.29, 1.82) is 0 Å². The van der Waals surface area contributed by atoms with Crippen LogP contribution in [0.15, 0.2) is 5.11 Å². The first-order valence-corrected chi connectivity index (χ1v) is 2.17. The first-order chi connectivity index (χ1) is 4.18. The van der Waals surface area contributed by atoms with Crippen molar-refractivity contribution in [3.8, 4) is 0 Å². The average molecular weight is 130 g/mol. The molecule has 0 saturated carbocycles. The Bertz CT molecular complexity index is 150. The smallest absolute Gasteiger partial charge is 0.320 e. The van der Waals surface area contributed by atoms with E-state index < -0.39 is 12.0 Å². The predicted molar refractivity (Wildman–Crippen MR) is 29.6 cm³/mol. The Morgan fingerprint density at radius 1 is 2.00 bits per heavy atom. The highest BCUT2D eigenvalue weighted by Gasteiger charge is 2.07. The van der Waals surface area contributed by atoms with Crippen LogP contribution < -0.4 is 5.73 Å². The van der Waals surface area contributed by atoms with Crippen LogP contribution in [0.5, 0.6) is 0 Å². The molecule has 0 aliphatic carbocycles. The molecule has 0 aromatic heterocycles. The van der Waals surface area contributed by atoms with Crippen LogP contribution in [-0.4, -0.2) is 23.7 Å². The summed E-state index contributed by atoms with van der Waals surface area (Å²) >= 11 is 0. The fraction of sp³-hybridized carbons (Fsp3) is 0.667. The van der Waals surface area contributed by atoms with E-state index in [2.05, 4.69) is 10.0 Å². The topological polar surface area (TPSA) is 112 Å². The number of aliphatic carboxylic acids is 1. The summed E-state index contributed by atoms with van der Waals surface area (Å²) < 4.78 is 0. The summed E-state index contributed by atoms with van der Waals surface area (Å²) in [6.45, 7) is -0.203. The molecule has 0 aliphatic heterocycles.